The molecule has 2 heteroatoms. The summed E-state index contributed by atoms with van der Waals surface area (Å²) < 4.78 is 0. The van der Waals surface area contributed by atoms with E-state index >= 15 is 0 Å². The Balaban J connectivity index is 2.68. The zero-order chi connectivity index (χ0) is 5.70. The Morgan fingerprint density at radius 2 is 2.14 bits per heavy atom. The molecular formula is C5H13NS. The number of rotatable bonds is 3. The van der Waals surface area contributed by atoms with Crippen LogP contribution in [0.15, 0.2) is 0 Å². The lowest BCUT2D eigenvalue weighted by Crippen LogP contribution is -2.24. The topological polar surface area (TPSA) is 12.0 Å². The zero-order valence-electron chi connectivity index (χ0n) is 4.94. The van der Waals surface area contributed by atoms with Crippen molar-refractivity contribution in [1.29, 1.82) is 0 Å². The summed E-state index contributed by atoms with van der Waals surface area (Å²) in [5.41, 5.74) is 0. The van der Waals surface area contributed by atoms with Crippen LogP contribution in [0.3, 0.4) is 0 Å². The van der Waals surface area contributed by atoms with Crippen LogP contribution in [-0.4, -0.2) is 18.3 Å². The van der Waals surface area contributed by atoms with Crippen molar-refractivity contribution in [1.82, 2.24) is 5.32 Å². The summed E-state index contributed by atoms with van der Waals surface area (Å²) in [6.07, 6.45) is 0. The van der Waals surface area contributed by atoms with E-state index in [1.54, 1.807) is 0 Å². The van der Waals surface area contributed by atoms with Crippen LogP contribution >= 0.6 is 12.6 Å². The number of hydrogen-bond acceptors (Lipinski definition) is 2. The molecule has 7 heavy (non-hydrogen) atoms. The monoisotopic (exact) mass is 119 g/mol. The summed E-state index contributed by atoms with van der Waals surface area (Å²) in [6, 6.07) is 0.604. The lowest BCUT2D eigenvalue weighted by atomic mass is 10.4. The molecule has 0 aromatic rings. The third kappa shape index (κ3) is 6.31. The van der Waals surface area contributed by atoms with E-state index in [1.165, 1.54) is 0 Å². The van der Waals surface area contributed by atoms with Crippen molar-refractivity contribution in [3.63, 3.8) is 0 Å². The smallest absolute Gasteiger partial charge is 0.00420 e. The second kappa shape index (κ2) is 4.47. The van der Waals surface area contributed by atoms with E-state index in [1.807, 2.05) is 0 Å². The van der Waals surface area contributed by atoms with Gasteiger partial charge in [-0.3, -0.25) is 0 Å². The van der Waals surface area contributed by atoms with Crippen LogP contribution in [0.2, 0.25) is 0 Å². The van der Waals surface area contributed by atoms with Crippen molar-refractivity contribution in [3.8, 4) is 0 Å². The highest BCUT2D eigenvalue weighted by atomic mass is 32.1. The molecule has 0 amide bonds. The molecular weight excluding hydrogens is 106 g/mol. The lowest BCUT2D eigenvalue weighted by Gasteiger charge is -2.03. The SMILES string of the molecule is CC(C)NCCS. The maximum absolute atomic E-state index is 4.03. The molecule has 0 bridgehead atoms. The summed E-state index contributed by atoms with van der Waals surface area (Å²) in [6.45, 7) is 5.27. The van der Waals surface area contributed by atoms with Crippen LogP contribution < -0.4 is 5.32 Å². The predicted molar refractivity (Wildman–Crippen MR) is 37.0 cm³/mol. The average molecular weight is 119 g/mol. The molecule has 0 fully saturated rings. The third-order valence-corrected chi connectivity index (χ3v) is 0.888. The Morgan fingerprint density at radius 3 is 2.29 bits per heavy atom. The Morgan fingerprint density at radius 1 is 1.57 bits per heavy atom. The lowest BCUT2D eigenvalue weighted by molar-refractivity contribution is 0.616. The molecule has 0 unspecified atom stereocenters. The highest BCUT2D eigenvalue weighted by Gasteiger charge is 1.85. The molecule has 0 spiro atoms. The molecule has 0 aromatic carbocycles. The predicted octanol–water partition coefficient (Wildman–Crippen LogP) is 0.914. The zero-order valence-corrected chi connectivity index (χ0v) is 5.83. The van der Waals surface area contributed by atoms with Crippen LogP contribution in [0, 0.1) is 0 Å². The van der Waals surface area contributed by atoms with Gasteiger partial charge in [-0.25, -0.2) is 0 Å². The third-order valence-electron chi connectivity index (χ3n) is 0.664. The first-order valence-electron chi connectivity index (χ1n) is 2.61. The van der Waals surface area contributed by atoms with Crippen molar-refractivity contribution in [2.45, 2.75) is 19.9 Å². The van der Waals surface area contributed by atoms with Gasteiger partial charge in [0, 0.05) is 18.3 Å². The van der Waals surface area contributed by atoms with E-state index in [0.717, 1.165) is 12.3 Å². The van der Waals surface area contributed by atoms with Gasteiger partial charge in [0.2, 0.25) is 0 Å². The van der Waals surface area contributed by atoms with Crippen LogP contribution in [0.25, 0.3) is 0 Å². The van der Waals surface area contributed by atoms with Crippen LogP contribution in [0.1, 0.15) is 13.8 Å². The van der Waals surface area contributed by atoms with Gasteiger partial charge in [0.25, 0.3) is 0 Å². The Labute approximate surface area is 50.9 Å². The molecule has 0 atom stereocenters. The minimum absolute atomic E-state index is 0.604. The molecule has 0 radical (unpaired) electrons. The molecule has 0 heterocycles. The first kappa shape index (κ1) is 7.31. The van der Waals surface area contributed by atoms with Gasteiger partial charge in [-0.15, -0.1) is 0 Å². The molecule has 1 nitrogen and oxygen atoms in total. The van der Waals surface area contributed by atoms with Gasteiger partial charge < -0.3 is 5.32 Å². The molecule has 0 aliphatic heterocycles. The van der Waals surface area contributed by atoms with Crippen molar-refractivity contribution < 1.29 is 0 Å². The Kier molecular flexibility index (Phi) is 4.67. The normalized spacial score (nSPS) is 10.3. The maximum Gasteiger partial charge on any atom is 0.00420 e. The highest BCUT2D eigenvalue weighted by molar-refractivity contribution is 7.80. The van der Waals surface area contributed by atoms with Crippen LogP contribution in [0.4, 0.5) is 0 Å². The highest BCUT2D eigenvalue weighted by Crippen LogP contribution is 1.75. The first-order valence-corrected chi connectivity index (χ1v) is 3.25. The molecule has 1 N–H and O–H groups in total. The number of nitrogens with one attached hydrogen (secondary N) is 1. The summed E-state index contributed by atoms with van der Waals surface area (Å²) in [5, 5.41) is 3.22. The molecule has 0 saturated heterocycles. The number of hydrogen-bond donors (Lipinski definition) is 2. The van der Waals surface area contributed by atoms with Crippen molar-refractivity contribution in [2.24, 2.45) is 0 Å². The van der Waals surface area contributed by atoms with Crippen molar-refractivity contribution >= 4 is 12.6 Å². The van der Waals surface area contributed by atoms with Crippen molar-refractivity contribution in [3.05, 3.63) is 0 Å². The Hall–Kier alpha value is 0.310. The van der Waals surface area contributed by atoms with Gasteiger partial charge in [0.1, 0.15) is 0 Å². The van der Waals surface area contributed by atoms with E-state index in [0.29, 0.717) is 6.04 Å². The quantitative estimate of drug-likeness (QED) is 0.526. The standard InChI is InChI=1S/C5H13NS/c1-5(2)6-3-4-7/h5-7H,3-4H2,1-2H3. The molecule has 0 aromatic heterocycles. The second-order valence-corrected chi connectivity index (χ2v) is 2.28. The summed E-state index contributed by atoms with van der Waals surface area (Å²) in [4.78, 5) is 0. The minimum atomic E-state index is 0.604. The van der Waals surface area contributed by atoms with E-state index in [4.69, 9.17) is 0 Å². The maximum atomic E-state index is 4.03. The molecule has 0 aliphatic carbocycles. The largest absolute Gasteiger partial charge is 0.314 e. The van der Waals surface area contributed by atoms with E-state index < -0.39 is 0 Å². The molecule has 0 saturated carbocycles. The van der Waals surface area contributed by atoms with E-state index in [-0.39, 0.29) is 0 Å². The van der Waals surface area contributed by atoms with Gasteiger partial charge >= 0.3 is 0 Å². The van der Waals surface area contributed by atoms with Crippen molar-refractivity contribution in [2.75, 3.05) is 12.3 Å². The van der Waals surface area contributed by atoms with Gasteiger partial charge in [-0.1, -0.05) is 13.8 Å². The van der Waals surface area contributed by atoms with Gasteiger partial charge in [0.05, 0.1) is 0 Å². The van der Waals surface area contributed by atoms with Crippen LogP contribution in [-0.2, 0) is 0 Å². The summed E-state index contributed by atoms with van der Waals surface area (Å²) in [5.74, 6) is 0.929. The summed E-state index contributed by atoms with van der Waals surface area (Å²) >= 11 is 4.03. The van der Waals surface area contributed by atoms with Gasteiger partial charge in [-0.05, 0) is 0 Å². The Bertz CT molecular complexity index is 37.1. The van der Waals surface area contributed by atoms with Gasteiger partial charge in [0.15, 0.2) is 0 Å². The minimum Gasteiger partial charge on any atom is -0.314 e. The molecule has 44 valence electrons. The van der Waals surface area contributed by atoms with E-state index in [2.05, 4.69) is 31.8 Å². The fourth-order valence-corrected chi connectivity index (χ4v) is 0.482. The number of thiol groups is 1. The molecule has 0 aliphatic rings. The average Bonchev–Trinajstić information content (AvgIpc) is 1.61. The summed E-state index contributed by atoms with van der Waals surface area (Å²) in [7, 11) is 0. The second-order valence-electron chi connectivity index (χ2n) is 1.83. The fraction of sp³-hybridized carbons (Fsp3) is 1.00. The van der Waals surface area contributed by atoms with Crippen LogP contribution in [0.5, 0.6) is 0 Å². The fourth-order valence-electron chi connectivity index (χ4n) is 0.353. The van der Waals surface area contributed by atoms with Gasteiger partial charge in [-0.2, -0.15) is 12.6 Å². The van der Waals surface area contributed by atoms with E-state index in [9.17, 15) is 0 Å². The first-order chi connectivity index (χ1) is 3.27. The molecule has 0 rings (SSSR count).